The van der Waals surface area contributed by atoms with E-state index in [0.717, 1.165) is 42.3 Å². The van der Waals surface area contributed by atoms with Gasteiger partial charge in [-0.2, -0.15) is 0 Å². The van der Waals surface area contributed by atoms with Crippen molar-refractivity contribution in [3.05, 3.63) is 52.3 Å². The van der Waals surface area contributed by atoms with E-state index >= 15 is 0 Å². The van der Waals surface area contributed by atoms with Gasteiger partial charge in [0.25, 0.3) is 5.71 Å². The van der Waals surface area contributed by atoms with Crippen LogP contribution in [-0.2, 0) is 27.4 Å². The van der Waals surface area contributed by atoms with Crippen LogP contribution in [0.15, 0.2) is 35.0 Å². The van der Waals surface area contributed by atoms with Crippen molar-refractivity contribution in [3.8, 4) is 5.75 Å². The van der Waals surface area contributed by atoms with E-state index in [4.69, 9.17) is 20.9 Å². The van der Waals surface area contributed by atoms with E-state index in [9.17, 15) is 14.4 Å². The maximum atomic E-state index is 14.3. The summed E-state index contributed by atoms with van der Waals surface area (Å²) in [6, 6.07) is 7.03. The van der Waals surface area contributed by atoms with E-state index in [-0.39, 0.29) is 42.2 Å². The number of nitrogens with zero attached hydrogens (tertiary/aromatic N) is 4. The number of pyridine rings is 1. The Balaban J connectivity index is 1.34. The number of hydrogen-bond acceptors (Lipinski definition) is 7. The zero-order valence-electron chi connectivity index (χ0n) is 23.8. The summed E-state index contributed by atoms with van der Waals surface area (Å²) in [5.74, 6) is -0.0466. The lowest BCUT2D eigenvalue weighted by molar-refractivity contribution is -0.146. The monoisotopic (exact) mass is 593 g/mol. The predicted molar refractivity (Wildman–Crippen MR) is 156 cm³/mol. The van der Waals surface area contributed by atoms with E-state index < -0.39 is 0 Å². The fraction of sp³-hybridized carbons (Fsp3) is 0.516. The zero-order chi connectivity index (χ0) is 29.2. The summed E-state index contributed by atoms with van der Waals surface area (Å²) in [6.45, 7) is 1.89. The molecule has 0 unspecified atom stereocenters. The number of rotatable bonds is 8. The minimum Gasteiger partial charge on any atom is -0.487 e. The van der Waals surface area contributed by atoms with E-state index in [1.54, 1.807) is 13.2 Å². The highest BCUT2D eigenvalue weighted by Crippen LogP contribution is 2.44. The topological polar surface area (TPSA) is 118 Å². The fourth-order valence-electron chi connectivity index (χ4n) is 6.91. The highest BCUT2D eigenvalue weighted by molar-refractivity contribution is 6.31. The molecule has 1 saturated carbocycles. The Morgan fingerprint density at radius 3 is 2.74 bits per heavy atom. The van der Waals surface area contributed by atoms with Crippen molar-refractivity contribution in [1.29, 1.82) is 0 Å². The normalized spacial score (nSPS) is 22.3. The number of aromatic nitrogens is 2. The van der Waals surface area contributed by atoms with Crippen LogP contribution in [0.1, 0.15) is 67.8 Å². The molecule has 3 atom stereocenters. The molecule has 0 spiro atoms. The second kappa shape index (κ2) is 12.3. The van der Waals surface area contributed by atoms with Crippen molar-refractivity contribution >= 4 is 40.4 Å². The van der Waals surface area contributed by atoms with E-state index in [1.807, 2.05) is 34.1 Å². The van der Waals surface area contributed by atoms with E-state index in [0.29, 0.717) is 67.4 Å². The molecule has 3 aliphatic rings. The molecule has 11 heteroatoms. The Morgan fingerprint density at radius 1 is 1.12 bits per heavy atom. The Hall–Kier alpha value is -3.66. The minimum atomic E-state index is -0.381. The molecule has 42 heavy (non-hydrogen) atoms. The quantitative estimate of drug-likeness (QED) is 0.410. The molecule has 1 saturated heterocycles. The number of hydrogen-bond donors (Lipinski definition) is 1. The number of benzene rings is 1. The van der Waals surface area contributed by atoms with Crippen molar-refractivity contribution in [3.63, 3.8) is 0 Å². The molecule has 2 aliphatic heterocycles. The zero-order valence-corrected chi connectivity index (χ0v) is 24.6. The van der Waals surface area contributed by atoms with Crippen LogP contribution in [0.2, 0.25) is 5.02 Å². The van der Waals surface area contributed by atoms with Gasteiger partial charge in [-0.25, -0.2) is 4.98 Å². The van der Waals surface area contributed by atoms with Gasteiger partial charge in [-0.15, -0.1) is 0 Å². The van der Waals surface area contributed by atoms with Gasteiger partial charge in [-0.3, -0.25) is 14.4 Å². The maximum absolute atomic E-state index is 14.3. The van der Waals surface area contributed by atoms with Crippen LogP contribution in [0, 0.1) is 11.8 Å². The van der Waals surface area contributed by atoms with Gasteiger partial charge >= 0.3 is 0 Å². The van der Waals surface area contributed by atoms with Crippen LogP contribution in [-0.4, -0.2) is 64.3 Å². The number of carbonyl (C=O) groups is 3. The number of nitrogens with one attached hydrogen (secondary N) is 1. The van der Waals surface area contributed by atoms with E-state index in [1.165, 1.54) is 0 Å². The summed E-state index contributed by atoms with van der Waals surface area (Å²) in [5, 5.41) is 8.33. The summed E-state index contributed by atoms with van der Waals surface area (Å²) in [7, 11) is 1.63. The molecule has 0 bridgehead atoms. The van der Waals surface area contributed by atoms with Crippen molar-refractivity contribution in [2.75, 3.05) is 26.7 Å². The molecule has 2 aromatic heterocycles. The Labute approximate surface area is 249 Å². The third-order valence-electron chi connectivity index (χ3n) is 9.05. The average molecular weight is 594 g/mol. The average Bonchev–Trinajstić information content (AvgIpc) is 3.64. The first kappa shape index (κ1) is 28.5. The lowest BCUT2D eigenvalue weighted by atomic mass is 9.77. The van der Waals surface area contributed by atoms with Gasteiger partial charge in [-0.1, -0.05) is 29.6 Å². The Kier molecular flexibility index (Phi) is 8.33. The smallest absolute Gasteiger partial charge is 0.258 e. The Morgan fingerprint density at radius 2 is 1.95 bits per heavy atom. The predicted octanol–water partition coefficient (Wildman–Crippen LogP) is 4.45. The number of halogens is 1. The molecule has 1 aromatic carbocycles. The fourth-order valence-corrected chi connectivity index (χ4v) is 7.17. The van der Waals surface area contributed by atoms with Crippen molar-refractivity contribution in [2.45, 2.75) is 64.0 Å². The molecule has 1 N–H and O–H groups in total. The van der Waals surface area contributed by atoms with Crippen LogP contribution in [0.25, 0.3) is 11.1 Å². The van der Waals surface area contributed by atoms with Crippen LogP contribution in [0.3, 0.4) is 0 Å². The standard InChI is InChI=1S/C31H36ClN5O5/c1-33-29(39)19-6-2-3-7-20(19)31(40)37-17-12-21-23(32)10-11-26(28(21)25(37)13-16-36-15-5-9-27(36)38)41-18-24-22-8-4-14-34-30(22)42-35-24/h4,8,10-11,14,19-20,25H,2-3,5-7,9,12-13,15-18H2,1H3,(H,33,39)/t19-,20+,25+/m0/s1. The summed E-state index contributed by atoms with van der Waals surface area (Å²) in [4.78, 5) is 47.6. The first-order valence-electron chi connectivity index (χ1n) is 14.9. The molecule has 0 radical (unpaired) electrons. The largest absolute Gasteiger partial charge is 0.487 e. The highest BCUT2D eigenvalue weighted by Gasteiger charge is 2.42. The second-order valence-electron chi connectivity index (χ2n) is 11.4. The van der Waals surface area contributed by atoms with Crippen LogP contribution >= 0.6 is 11.6 Å². The van der Waals surface area contributed by atoms with Gasteiger partial charge in [0.15, 0.2) is 0 Å². The molecular weight excluding hydrogens is 558 g/mol. The van der Waals surface area contributed by atoms with Gasteiger partial charge < -0.3 is 24.4 Å². The molecule has 3 aromatic rings. The number of likely N-dealkylation sites (tertiary alicyclic amines) is 1. The summed E-state index contributed by atoms with van der Waals surface area (Å²) in [5.41, 5.74) is 2.89. The number of carbonyl (C=O) groups excluding carboxylic acids is 3. The van der Waals surface area contributed by atoms with Crippen molar-refractivity contribution in [2.24, 2.45) is 11.8 Å². The number of ether oxygens (including phenoxy) is 1. The summed E-state index contributed by atoms with van der Waals surface area (Å²) < 4.78 is 11.8. The second-order valence-corrected chi connectivity index (χ2v) is 11.8. The summed E-state index contributed by atoms with van der Waals surface area (Å²) >= 11 is 6.76. The number of fused-ring (bicyclic) bond motifs is 2. The molecule has 222 valence electrons. The molecule has 4 heterocycles. The third-order valence-corrected chi connectivity index (χ3v) is 9.41. The highest BCUT2D eigenvalue weighted by atomic mass is 35.5. The van der Waals surface area contributed by atoms with Crippen LogP contribution in [0.5, 0.6) is 5.75 Å². The molecule has 2 fully saturated rings. The van der Waals surface area contributed by atoms with Crippen molar-refractivity contribution < 1.29 is 23.6 Å². The SMILES string of the molecule is CNC(=O)[C@H]1CCCC[C@H]1C(=O)N1CCc2c(Cl)ccc(OCc3noc4ncccc34)c2[C@H]1CCN1CCCC1=O. The summed E-state index contributed by atoms with van der Waals surface area (Å²) in [6.07, 6.45) is 7.42. The first-order chi connectivity index (χ1) is 20.5. The van der Waals surface area contributed by atoms with Crippen LogP contribution < -0.4 is 10.1 Å². The number of amides is 3. The first-order valence-corrected chi connectivity index (χ1v) is 15.3. The van der Waals surface area contributed by atoms with Gasteiger partial charge in [0.1, 0.15) is 18.1 Å². The maximum Gasteiger partial charge on any atom is 0.258 e. The molecule has 1 aliphatic carbocycles. The lowest BCUT2D eigenvalue weighted by Crippen LogP contribution is -2.48. The molecule has 3 amide bonds. The van der Waals surface area contributed by atoms with Gasteiger partial charge in [0.2, 0.25) is 17.7 Å². The minimum absolute atomic E-state index is 0.00815. The van der Waals surface area contributed by atoms with Gasteiger partial charge in [0.05, 0.1) is 11.4 Å². The van der Waals surface area contributed by atoms with Gasteiger partial charge in [-0.05, 0) is 61.9 Å². The molecule has 10 nitrogen and oxygen atoms in total. The van der Waals surface area contributed by atoms with E-state index in [2.05, 4.69) is 15.5 Å². The van der Waals surface area contributed by atoms with Crippen LogP contribution in [0.4, 0.5) is 0 Å². The molecular formula is C31H36ClN5O5. The molecule has 6 rings (SSSR count). The third kappa shape index (κ3) is 5.44. The lowest BCUT2D eigenvalue weighted by Gasteiger charge is -2.42. The Bertz CT molecular complexity index is 1490. The van der Waals surface area contributed by atoms with Gasteiger partial charge in [0, 0.05) is 61.7 Å². The van der Waals surface area contributed by atoms with Crippen molar-refractivity contribution in [1.82, 2.24) is 25.3 Å².